The van der Waals surface area contributed by atoms with Gasteiger partial charge >= 0.3 is 0 Å². The van der Waals surface area contributed by atoms with Gasteiger partial charge in [-0.05, 0) is 48.4 Å². The van der Waals surface area contributed by atoms with Gasteiger partial charge < -0.3 is 14.6 Å². The fourth-order valence-corrected chi connectivity index (χ4v) is 3.31. The Morgan fingerprint density at radius 2 is 1.93 bits per heavy atom. The normalized spacial score (nSPS) is 12.9. The van der Waals surface area contributed by atoms with Crippen LogP contribution in [0, 0.1) is 6.92 Å². The van der Waals surface area contributed by atoms with E-state index in [0.29, 0.717) is 30.8 Å². The number of nitrogens with one attached hydrogen (secondary N) is 1. The van der Waals surface area contributed by atoms with Crippen LogP contribution in [0.15, 0.2) is 65.1 Å². The topological polar surface area (TPSA) is 62.6 Å². The smallest absolute Gasteiger partial charge is 0.251 e. The summed E-state index contributed by atoms with van der Waals surface area (Å²) in [4.78, 5) is 26.6. The third-order valence-electron chi connectivity index (χ3n) is 4.68. The molecule has 0 bridgehead atoms. The van der Waals surface area contributed by atoms with Crippen LogP contribution >= 0.6 is 0 Å². The van der Waals surface area contributed by atoms with E-state index in [1.165, 1.54) is 0 Å². The molecule has 0 radical (unpaired) electrons. The van der Waals surface area contributed by atoms with Gasteiger partial charge in [-0.15, -0.1) is 0 Å². The van der Waals surface area contributed by atoms with E-state index in [4.69, 9.17) is 4.42 Å². The van der Waals surface area contributed by atoms with Crippen molar-refractivity contribution in [1.29, 1.82) is 0 Å². The molecule has 4 rings (SSSR count). The van der Waals surface area contributed by atoms with Gasteiger partial charge in [-0.25, -0.2) is 0 Å². The van der Waals surface area contributed by atoms with E-state index in [2.05, 4.69) is 5.32 Å². The highest BCUT2D eigenvalue weighted by Gasteiger charge is 2.28. The maximum Gasteiger partial charge on any atom is 0.251 e. The lowest BCUT2D eigenvalue weighted by molar-refractivity contribution is -0.117. The molecule has 3 aromatic rings. The summed E-state index contributed by atoms with van der Waals surface area (Å²) in [6.07, 6.45) is 0.320. The minimum atomic E-state index is -0.180. The summed E-state index contributed by atoms with van der Waals surface area (Å²) in [6, 6.07) is 19.0. The van der Waals surface area contributed by atoms with E-state index < -0.39 is 0 Å². The van der Waals surface area contributed by atoms with Crippen LogP contribution in [0.2, 0.25) is 0 Å². The van der Waals surface area contributed by atoms with Crippen molar-refractivity contribution in [3.8, 4) is 0 Å². The number of fused-ring (bicyclic) bond motifs is 1. The Morgan fingerprint density at radius 3 is 2.67 bits per heavy atom. The first-order valence-electron chi connectivity index (χ1n) is 8.91. The van der Waals surface area contributed by atoms with Gasteiger partial charge in [0, 0.05) is 11.3 Å². The first-order chi connectivity index (χ1) is 13.1. The van der Waals surface area contributed by atoms with Crippen LogP contribution < -0.4 is 10.2 Å². The Hall–Kier alpha value is -3.34. The third kappa shape index (κ3) is 3.62. The molecule has 2 aromatic carbocycles. The lowest BCUT2D eigenvalue weighted by atomic mass is 10.1. The number of rotatable bonds is 5. The van der Waals surface area contributed by atoms with Gasteiger partial charge in [-0.1, -0.05) is 30.3 Å². The number of anilines is 1. The van der Waals surface area contributed by atoms with Gasteiger partial charge in [0.15, 0.2) is 0 Å². The summed E-state index contributed by atoms with van der Waals surface area (Å²) < 4.78 is 5.46. The van der Waals surface area contributed by atoms with Crippen LogP contribution in [0.4, 0.5) is 5.69 Å². The first kappa shape index (κ1) is 17.1. The van der Waals surface area contributed by atoms with Crippen molar-refractivity contribution in [2.24, 2.45) is 0 Å². The van der Waals surface area contributed by atoms with E-state index in [9.17, 15) is 9.59 Å². The van der Waals surface area contributed by atoms with E-state index in [0.717, 1.165) is 22.6 Å². The van der Waals surface area contributed by atoms with Crippen molar-refractivity contribution >= 4 is 17.5 Å². The maximum absolute atomic E-state index is 12.4. The number of nitrogens with zero attached hydrogens (tertiary/aromatic N) is 1. The third-order valence-corrected chi connectivity index (χ3v) is 4.68. The Kier molecular flexibility index (Phi) is 4.50. The minimum absolute atomic E-state index is 0.0532. The average Bonchev–Trinajstić information content (AvgIpc) is 3.23. The molecule has 5 nitrogen and oxygen atoms in total. The van der Waals surface area contributed by atoms with E-state index in [1.807, 2.05) is 55.5 Å². The van der Waals surface area contributed by atoms with Gasteiger partial charge in [-0.2, -0.15) is 0 Å². The number of hydrogen-bond acceptors (Lipinski definition) is 3. The quantitative estimate of drug-likeness (QED) is 0.756. The summed E-state index contributed by atoms with van der Waals surface area (Å²) in [5, 5.41) is 2.85. The molecule has 1 aromatic heterocycles. The van der Waals surface area contributed by atoms with Gasteiger partial charge in [-0.3, -0.25) is 9.59 Å². The van der Waals surface area contributed by atoms with Crippen LogP contribution in [0.25, 0.3) is 0 Å². The largest absolute Gasteiger partial charge is 0.465 e. The predicted molar refractivity (Wildman–Crippen MR) is 102 cm³/mol. The summed E-state index contributed by atoms with van der Waals surface area (Å²) in [5.41, 5.74) is 3.39. The van der Waals surface area contributed by atoms with Crippen molar-refractivity contribution in [1.82, 2.24) is 5.32 Å². The molecule has 0 atom stereocenters. The summed E-state index contributed by atoms with van der Waals surface area (Å²) in [6.45, 7) is 2.74. The highest BCUT2D eigenvalue weighted by Crippen LogP contribution is 2.31. The minimum Gasteiger partial charge on any atom is -0.465 e. The van der Waals surface area contributed by atoms with Gasteiger partial charge in [0.2, 0.25) is 5.91 Å². The zero-order valence-corrected chi connectivity index (χ0v) is 15.1. The van der Waals surface area contributed by atoms with Gasteiger partial charge in [0.05, 0.1) is 19.5 Å². The second kappa shape index (κ2) is 7.11. The molecule has 1 aliphatic heterocycles. The second-order valence-corrected chi connectivity index (χ2v) is 6.68. The molecule has 136 valence electrons. The molecule has 0 unspecified atom stereocenters. The number of carbonyl (C=O) groups is 2. The monoisotopic (exact) mass is 360 g/mol. The number of aryl methyl sites for hydroxylation is 1. The Labute approximate surface area is 157 Å². The van der Waals surface area contributed by atoms with Gasteiger partial charge in [0.1, 0.15) is 11.5 Å². The second-order valence-electron chi connectivity index (χ2n) is 6.68. The summed E-state index contributed by atoms with van der Waals surface area (Å²) in [7, 11) is 0. The molecular weight excluding hydrogens is 340 g/mol. The maximum atomic E-state index is 12.4. The molecular formula is C22H20N2O3. The molecule has 2 heterocycles. The molecule has 0 aliphatic carbocycles. The van der Waals surface area contributed by atoms with Crippen molar-refractivity contribution in [2.45, 2.75) is 26.4 Å². The molecule has 1 N–H and O–H groups in total. The highest BCUT2D eigenvalue weighted by atomic mass is 16.3. The van der Waals surface area contributed by atoms with E-state index in [-0.39, 0.29) is 11.8 Å². The standard InChI is InChI=1S/C22H20N2O3/c1-15-7-9-19(27-15)13-23-22(26)17-8-10-20-18(11-17)12-21(25)24(20)14-16-5-3-2-4-6-16/h2-11H,12-14H2,1H3,(H,23,26). The van der Waals surface area contributed by atoms with E-state index in [1.54, 1.807) is 17.0 Å². The number of furan rings is 1. The van der Waals surface area contributed by atoms with Crippen LogP contribution in [0.5, 0.6) is 0 Å². The average molecular weight is 360 g/mol. The number of carbonyl (C=O) groups excluding carboxylic acids is 2. The number of hydrogen-bond donors (Lipinski definition) is 1. The fraction of sp³-hybridized carbons (Fsp3) is 0.182. The lowest BCUT2D eigenvalue weighted by Gasteiger charge is -2.17. The zero-order chi connectivity index (χ0) is 18.8. The van der Waals surface area contributed by atoms with Crippen molar-refractivity contribution in [3.63, 3.8) is 0 Å². The molecule has 5 heteroatoms. The predicted octanol–water partition coefficient (Wildman–Crippen LogP) is 3.61. The Bertz CT molecular complexity index is 992. The van der Waals surface area contributed by atoms with Crippen LogP contribution in [-0.4, -0.2) is 11.8 Å². The highest BCUT2D eigenvalue weighted by molar-refractivity contribution is 6.03. The molecule has 27 heavy (non-hydrogen) atoms. The summed E-state index contributed by atoms with van der Waals surface area (Å²) >= 11 is 0. The first-order valence-corrected chi connectivity index (χ1v) is 8.91. The molecule has 0 spiro atoms. The molecule has 0 fully saturated rings. The Balaban J connectivity index is 1.48. The van der Waals surface area contributed by atoms with Crippen LogP contribution in [-0.2, 0) is 24.3 Å². The van der Waals surface area contributed by atoms with Crippen molar-refractivity contribution < 1.29 is 14.0 Å². The van der Waals surface area contributed by atoms with Crippen molar-refractivity contribution in [3.05, 3.63) is 88.9 Å². The molecule has 0 saturated carbocycles. The van der Waals surface area contributed by atoms with Crippen LogP contribution in [0.1, 0.15) is 33.0 Å². The molecule has 0 saturated heterocycles. The summed E-state index contributed by atoms with van der Waals surface area (Å²) in [5.74, 6) is 1.40. The zero-order valence-electron chi connectivity index (χ0n) is 15.1. The molecule has 1 aliphatic rings. The van der Waals surface area contributed by atoms with Crippen molar-refractivity contribution in [2.75, 3.05) is 4.90 Å². The van der Waals surface area contributed by atoms with Crippen LogP contribution in [0.3, 0.4) is 0 Å². The number of amides is 2. The van der Waals surface area contributed by atoms with Gasteiger partial charge in [0.25, 0.3) is 5.91 Å². The van der Waals surface area contributed by atoms with E-state index >= 15 is 0 Å². The number of benzene rings is 2. The lowest BCUT2D eigenvalue weighted by Crippen LogP contribution is -2.26. The molecule has 2 amide bonds. The Morgan fingerprint density at radius 1 is 1.11 bits per heavy atom. The fourth-order valence-electron chi connectivity index (χ4n) is 3.31. The SMILES string of the molecule is Cc1ccc(CNC(=O)c2ccc3c(c2)CC(=O)N3Cc2ccccc2)o1.